The maximum atomic E-state index is 6.02. The molecule has 10 nitrogen and oxygen atoms in total. The Kier molecular flexibility index (Phi) is 77.2. The van der Waals surface area contributed by atoms with Crippen LogP contribution in [0.3, 0.4) is 0 Å². The minimum atomic E-state index is 0. The third-order valence-electron chi connectivity index (χ3n) is 24.6. The number of unbranched alkanes of at least 4 members (excludes halogenated alkanes) is 40. The largest absolute Gasteiger partial charge is 2.00 e. The van der Waals surface area contributed by atoms with Crippen molar-refractivity contribution in [2.45, 2.75) is 454 Å². The molecule has 0 aliphatic rings. The van der Waals surface area contributed by atoms with Gasteiger partial charge in [-0.3, -0.25) is 0 Å². The molecule has 0 aliphatic carbocycles. The summed E-state index contributed by atoms with van der Waals surface area (Å²) in [5.74, 6) is 5.36. The smallest absolute Gasteiger partial charge is 0.534 e. The van der Waals surface area contributed by atoms with Crippen LogP contribution in [0.4, 0.5) is 22.7 Å². The Morgan fingerprint density at radius 2 is 0.404 bits per heavy atom. The van der Waals surface area contributed by atoms with Crippen molar-refractivity contribution in [3.8, 4) is 34.5 Å². The van der Waals surface area contributed by atoms with Gasteiger partial charge in [0.15, 0.2) is 0 Å². The molecule has 0 saturated heterocycles. The van der Waals surface area contributed by atoms with Gasteiger partial charge in [0.25, 0.3) is 0 Å². The summed E-state index contributed by atoms with van der Waals surface area (Å²) in [6, 6.07) is 70.2. The van der Waals surface area contributed by atoms with Gasteiger partial charge in [-0.05, 0) is 226 Å². The zero-order valence-electron chi connectivity index (χ0n) is 87.3. The van der Waals surface area contributed by atoms with E-state index >= 15 is 0 Å². The van der Waals surface area contributed by atoms with Gasteiger partial charge in [0, 0.05) is 23.0 Å². The molecule has 0 saturated carbocycles. The molecule has 12 heteroatoms. The van der Waals surface area contributed by atoms with Gasteiger partial charge in [0.1, 0.15) is 11.5 Å². The van der Waals surface area contributed by atoms with Crippen molar-refractivity contribution in [1.82, 2.24) is 0 Å². The Labute approximate surface area is 860 Å². The van der Waals surface area contributed by atoms with E-state index in [1.54, 1.807) is 0 Å². The average molecular weight is 2130 g/mol. The van der Waals surface area contributed by atoms with E-state index in [9.17, 15) is 0 Å². The molecule has 8 aromatic carbocycles. The summed E-state index contributed by atoms with van der Waals surface area (Å²) in [7, 11) is 0. The van der Waals surface area contributed by atoms with Crippen molar-refractivity contribution in [2.75, 3.05) is 13.2 Å². The second-order valence-corrected chi connectivity index (χ2v) is 37.5. The Bertz CT molecular complexity index is 3850. The summed E-state index contributed by atoms with van der Waals surface area (Å²) in [5, 5.41) is 0. The fraction of sp³-hybridized carbons (Fsp3) is 0.581. The van der Waals surface area contributed by atoms with Crippen LogP contribution in [0.15, 0.2) is 190 Å². The molecule has 0 bridgehead atoms. The van der Waals surface area contributed by atoms with Crippen molar-refractivity contribution in [3.05, 3.63) is 228 Å². The first-order valence-corrected chi connectivity index (χ1v) is 54.4. The number of aryl methyl sites for hydroxylation is 2. The van der Waals surface area contributed by atoms with Crippen LogP contribution in [0.25, 0.3) is 0 Å². The predicted molar refractivity (Wildman–Crippen MR) is 580 cm³/mol. The standard InChI is InChI=1S/2C31H46NO2.2C31H46NO.Pd.Pt/c2*1-4-6-8-10-11-12-13-15-25-33-30-23-19-29(20-24-30)32-26-28-17-21-31(22-18-28)34-27(3)16-14-9-7-5-2;2*1-4-6-8-10-11-12-13-15-17-28-18-22-30(23-19-28)32-26-29-20-24-31(25-21-29)33-27(3)16-14-9-7-5-2;;/h2*17,19-24,26-27H,4-16,25H2,1-3H3;2*18-20,22-27H,4-17H2,1-3H3;;/q4*-1;2*+2. The first-order valence-electron chi connectivity index (χ1n) is 54.4. The second-order valence-electron chi connectivity index (χ2n) is 37.5. The van der Waals surface area contributed by atoms with E-state index in [1.165, 1.54) is 319 Å². The number of benzene rings is 8. The van der Waals surface area contributed by atoms with Crippen LogP contribution in [-0.4, -0.2) is 62.5 Å². The molecule has 136 heavy (non-hydrogen) atoms. The molecule has 756 valence electrons. The van der Waals surface area contributed by atoms with Crippen molar-refractivity contribution in [3.63, 3.8) is 0 Å². The number of aliphatic imine (C=N–C) groups is 4. The molecule has 8 rings (SSSR count). The van der Waals surface area contributed by atoms with Crippen molar-refractivity contribution in [1.29, 1.82) is 0 Å². The molecule has 0 aliphatic heterocycles. The van der Waals surface area contributed by atoms with Gasteiger partial charge < -0.3 is 48.4 Å². The van der Waals surface area contributed by atoms with E-state index in [0.717, 1.165) is 131 Å². The van der Waals surface area contributed by atoms with E-state index < -0.39 is 0 Å². The molecule has 4 atom stereocenters. The second kappa shape index (κ2) is 85.6. The molecule has 0 N–H and O–H groups in total. The normalized spacial score (nSPS) is 12.1. The number of nitrogens with zero attached hydrogens (tertiary/aromatic N) is 4. The third-order valence-corrected chi connectivity index (χ3v) is 24.6. The Balaban J connectivity index is 0.000000465. The third kappa shape index (κ3) is 65.5. The summed E-state index contributed by atoms with van der Waals surface area (Å²) in [5.41, 5.74) is 10.5. The van der Waals surface area contributed by atoms with E-state index in [1.807, 2.05) is 146 Å². The molecule has 0 fully saturated rings. The van der Waals surface area contributed by atoms with Crippen LogP contribution in [-0.2, 0) is 54.3 Å². The zero-order chi connectivity index (χ0) is 95.7. The van der Waals surface area contributed by atoms with Gasteiger partial charge >= 0.3 is 41.5 Å². The van der Waals surface area contributed by atoms with Crippen LogP contribution in [0.5, 0.6) is 34.5 Å². The van der Waals surface area contributed by atoms with Gasteiger partial charge in [-0.2, -0.15) is 0 Å². The fourth-order valence-corrected chi connectivity index (χ4v) is 16.0. The molecule has 4 unspecified atom stereocenters. The van der Waals surface area contributed by atoms with Gasteiger partial charge in [-0.15, -0.1) is 119 Å². The number of ether oxygens (including phenoxy) is 6. The molecule has 0 aromatic heterocycles. The molecule has 0 heterocycles. The van der Waals surface area contributed by atoms with Crippen LogP contribution < -0.4 is 28.4 Å². The van der Waals surface area contributed by atoms with Crippen LogP contribution in [0.1, 0.15) is 450 Å². The fourth-order valence-electron chi connectivity index (χ4n) is 16.0. The van der Waals surface area contributed by atoms with E-state index in [0.29, 0.717) is 0 Å². The Hall–Kier alpha value is -7.41. The SMILES string of the molecule is CCCCCCCCCCOc1ccc(N=Cc2[c-]cc(OC(C)CCCCCC)cc2)cc1.CCCCCCCCCCOc1ccc(N=Cc2[c-]cc(OC(C)CCCCCC)cc2)cc1.CCCCCCCCCCc1ccc(N=Cc2[c-]cc(OC(C)CCCCCC)cc2)cc1.CCCCCCCCCCc1ccc(N=Cc2[c-]cc(OC(C)CCCCCC)cc2)cc1.[Pd+2].[Pt+2]. The van der Waals surface area contributed by atoms with Gasteiger partial charge in [-0.1, -0.05) is 336 Å². The number of rotatable bonds is 74. The van der Waals surface area contributed by atoms with Crippen LogP contribution in [0.2, 0.25) is 0 Å². The Morgan fingerprint density at radius 3 is 0.610 bits per heavy atom. The van der Waals surface area contributed by atoms with Crippen molar-refractivity contribution in [2.24, 2.45) is 20.0 Å². The summed E-state index contributed by atoms with van der Waals surface area (Å²) in [4.78, 5) is 18.4. The summed E-state index contributed by atoms with van der Waals surface area (Å²) in [6.07, 6.45) is 78.6. The molecular weight excluding hydrogens is 1940 g/mol. The Morgan fingerprint density at radius 1 is 0.221 bits per heavy atom. The van der Waals surface area contributed by atoms with E-state index in [2.05, 4.69) is 176 Å². The van der Waals surface area contributed by atoms with Gasteiger partial charge in [0.2, 0.25) is 0 Å². The summed E-state index contributed by atoms with van der Waals surface area (Å²) in [6.45, 7) is 28.2. The molecule has 0 radical (unpaired) electrons. The summed E-state index contributed by atoms with van der Waals surface area (Å²) >= 11 is 0. The van der Waals surface area contributed by atoms with E-state index in [4.69, 9.17) is 28.4 Å². The monoisotopic (exact) mass is 2130 g/mol. The zero-order valence-corrected chi connectivity index (χ0v) is 91.1. The first kappa shape index (κ1) is 123. The minimum absolute atomic E-state index is 0. The van der Waals surface area contributed by atoms with Crippen LogP contribution >= 0.6 is 0 Å². The average Bonchev–Trinajstić information content (AvgIpc) is 0.893. The minimum Gasteiger partial charge on any atom is -0.534 e. The van der Waals surface area contributed by atoms with Gasteiger partial charge in [-0.25, -0.2) is 0 Å². The van der Waals surface area contributed by atoms with Gasteiger partial charge in [0.05, 0.1) is 60.4 Å². The predicted octanol–water partition coefficient (Wildman–Crippen LogP) is 38.3. The van der Waals surface area contributed by atoms with E-state index in [-0.39, 0.29) is 65.9 Å². The quantitative estimate of drug-likeness (QED) is 0.0163. The number of hydrogen-bond acceptors (Lipinski definition) is 10. The van der Waals surface area contributed by atoms with Crippen molar-refractivity contribution >= 4 is 47.6 Å². The maximum Gasteiger partial charge on any atom is 2.00 e. The maximum absolute atomic E-state index is 6.02. The van der Waals surface area contributed by atoms with Crippen molar-refractivity contribution < 1.29 is 69.9 Å². The topological polar surface area (TPSA) is 105 Å². The molecule has 8 aromatic rings. The summed E-state index contributed by atoms with van der Waals surface area (Å²) < 4.78 is 35.8. The molecule has 0 amide bonds. The molecular formula is C124H184N4O6PdPt. The van der Waals surface area contributed by atoms with Crippen LogP contribution in [0, 0.1) is 24.3 Å². The first-order chi connectivity index (χ1) is 65.8. The number of hydrogen-bond donors (Lipinski definition) is 0. The molecule has 0 spiro atoms.